The number of aromatic nitrogens is 3. The average molecular weight is 508 g/mol. The lowest BCUT2D eigenvalue weighted by molar-refractivity contribution is 0.0897. The maximum atomic E-state index is 13.5. The van der Waals surface area contributed by atoms with Crippen molar-refractivity contribution in [1.82, 2.24) is 14.9 Å². The van der Waals surface area contributed by atoms with Gasteiger partial charge in [-0.15, -0.1) is 0 Å². The minimum Gasteiger partial charge on any atom is -0.360 e. The molecule has 0 saturated heterocycles. The molecule has 0 radical (unpaired) electrons. The van der Waals surface area contributed by atoms with E-state index in [2.05, 4.69) is 5.16 Å². The molecule has 7 nitrogen and oxygen atoms in total. The van der Waals surface area contributed by atoms with Crippen LogP contribution in [-0.4, -0.2) is 32.4 Å². The number of fused-ring (bicyclic) bond motifs is 2. The van der Waals surface area contributed by atoms with E-state index in [1.807, 2.05) is 62.4 Å². The van der Waals surface area contributed by atoms with Crippen molar-refractivity contribution in [1.29, 1.82) is 0 Å². The molecule has 0 bridgehead atoms. The summed E-state index contributed by atoms with van der Waals surface area (Å²) in [6.45, 7) is 4.10. The lowest BCUT2D eigenvalue weighted by atomic mass is 9.76. The van der Waals surface area contributed by atoms with E-state index in [0.29, 0.717) is 78.1 Å². The summed E-state index contributed by atoms with van der Waals surface area (Å²) >= 11 is 0. The second kappa shape index (κ2) is 9.31. The van der Waals surface area contributed by atoms with Crippen molar-refractivity contribution in [2.45, 2.75) is 58.3 Å². The fraction of sp³-hybridized carbons (Fsp3) is 0.323. The van der Waals surface area contributed by atoms with Crippen LogP contribution >= 0.6 is 0 Å². The minimum absolute atomic E-state index is 0.0118. The molecular formula is C31H29N3O4. The van der Waals surface area contributed by atoms with E-state index in [0.717, 1.165) is 5.56 Å². The van der Waals surface area contributed by atoms with E-state index >= 15 is 0 Å². The summed E-state index contributed by atoms with van der Waals surface area (Å²) in [6.07, 6.45) is 2.81. The van der Waals surface area contributed by atoms with Crippen LogP contribution in [0.25, 0.3) is 0 Å². The number of nitrogens with zero attached hydrogens (tertiary/aromatic N) is 3. The molecule has 1 atom stereocenters. The number of rotatable bonds is 5. The fourth-order valence-corrected chi connectivity index (χ4v) is 5.88. The molecule has 192 valence electrons. The monoisotopic (exact) mass is 507 g/mol. The molecule has 7 heteroatoms. The van der Waals surface area contributed by atoms with Crippen molar-refractivity contribution in [2.24, 2.45) is 5.41 Å². The molecule has 2 aromatic heterocycles. The number of benzene rings is 2. The molecule has 2 aliphatic rings. The van der Waals surface area contributed by atoms with Crippen molar-refractivity contribution >= 4 is 17.5 Å². The molecule has 38 heavy (non-hydrogen) atoms. The summed E-state index contributed by atoms with van der Waals surface area (Å²) in [6, 6.07) is 18.9. The van der Waals surface area contributed by atoms with Gasteiger partial charge in [-0.2, -0.15) is 9.78 Å². The van der Waals surface area contributed by atoms with Crippen LogP contribution in [0, 0.1) is 5.41 Å². The first-order valence-corrected chi connectivity index (χ1v) is 13.1. The summed E-state index contributed by atoms with van der Waals surface area (Å²) in [5.41, 5.74) is 4.36. The van der Waals surface area contributed by atoms with Crippen LogP contribution in [0.4, 0.5) is 0 Å². The molecule has 0 fully saturated rings. The number of ketones is 2. The Balaban J connectivity index is 1.36. The Hall–Kier alpha value is -4.13. The van der Waals surface area contributed by atoms with Crippen LogP contribution in [0.15, 0.2) is 65.2 Å². The van der Waals surface area contributed by atoms with Crippen LogP contribution in [-0.2, 0) is 25.7 Å². The topological polar surface area (TPSA) is 95.1 Å². The predicted octanol–water partition coefficient (Wildman–Crippen LogP) is 5.41. The van der Waals surface area contributed by atoms with Crippen LogP contribution in [0.5, 0.6) is 0 Å². The maximum absolute atomic E-state index is 13.5. The Kier molecular flexibility index (Phi) is 5.94. The van der Waals surface area contributed by atoms with Gasteiger partial charge in [0.15, 0.2) is 11.6 Å². The standard InChI is InChI=1S/C31H29N3O4/c1-31(2)17-26(36)29-23(33-38-27(29)18-31)14-13-22-28-24(34(32-22)30(37)20-11-7-4-8-12-20)15-21(16-25(28)35)19-9-5-3-6-10-19/h3-12,21H,13-18H2,1-2H3. The van der Waals surface area contributed by atoms with Gasteiger partial charge >= 0.3 is 0 Å². The zero-order valence-electron chi connectivity index (χ0n) is 21.6. The fourth-order valence-electron chi connectivity index (χ4n) is 5.88. The van der Waals surface area contributed by atoms with Gasteiger partial charge in [-0.05, 0) is 48.3 Å². The largest absolute Gasteiger partial charge is 0.360 e. The predicted molar refractivity (Wildman–Crippen MR) is 141 cm³/mol. The van der Waals surface area contributed by atoms with Gasteiger partial charge in [0.05, 0.1) is 28.2 Å². The Morgan fingerprint density at radius 1 is 0.895 bits per heavy atom. The number of carbonyl (C=O) groups excluding carboxylic acids is 3. The van der Waals surface area contributed by atoms with Crippen molar-refractivity contribution in [3.63, 3.8) is 0 Å². The zero-order chi connectivity index (χ0) is 26.4. The first kappa shape index (κ1) is 24.2. The van der Waals surface area contributed by atoms with Crippen molar-refractivity contribution in [3.05, 3.63) is 106 Å². The molecule has 0 aliphatic heterocycles. The molecule has 4 aromatic rings. The lowest BCUT2D eigenvalue weighted by Crippen LogP contribution is -2.26. The zero-order valence-corrected chi connectivity index (χ0v) is 21.6. The molecule has 2 aliphatic carbocycles. The van der Waals surface area contributed by atoms with Crippen molar-refractivity contribution in [3.8, 4) is 0 Å². The summed E-state index contributed by atoms with van der Waals surface area (Å²) in [5.74, 6) is 0.385. The van der Waals surface area contributed by atoms with Gasteiger partial charge in [0, 0.05) is 24.8 Å². The highest BCUT2D eigenvalue weighted by Crippen LogP contribution is 2.37. The highest BCUT2D eigenvalue weighted by Gasteiger charge is 2.37. The lowest BCUT2D eigenvalue weighted by Gasteiger charge is -2.26. The van der Waals surface area contributed by atoms with Crippen LogP contribution in [0.2, 0.25) is 0 Å². The molecule has 2 aromatic carbocycles. The van der Waals surface area contributed by atoms with E-state index in [9.17, 15) is 14.4 Å². The third kappa shape index (κ3) is 4.32. The maximum Gasteiger partial charge on any atom is 0.278 e. The van der Waals surface area contributed by atoms with Crippen LogP contribution < -0.4 is 0 Å². The molecule has 0 spiro atoms. The quantitative estimate of drug-likeness (QED) is 0.358. The van der Waals surface area contributed by atoms with E-state index in [1.165, 1.54) is 4.68 Å². The number of hydrogen-bond acceptors (Lipinski definition) is 6. The molecule has 1 unspecified atom stereocenters. The highest BCUT2D eigenvalue weighted by molar-refractivity contribution is 6.03. The SMILES string of the molecule is CC1(C)CC(=O)c2c(CCc3nn(C(=O)c4ccccc4)c4c3C(=O)CC(c3ccccc3)C4)noc2C1. The van der Waals surface area contributed by atoms with Crippen molar-refractivity contribution in [2.75, 3.05) is 0 Å². The third-order valence-electron chi connectivity index (χ3n) is 7.68. The average Bonchev–Trinajstić information content (AvgIpc) is 3.49. The summed E-state index contributed by atoms with van der Waals surface area (Å²) in [5, 5.41) is 8.92. The Bertz CT molecular complexity index is 1550. The first-order chi connectivity index (χ1) is 18.3. The Labute approximate surface area is 220 Å². The molecule has 0 N–H and O–H groups in total. The van der Waals surface area contributed by atoms with E-state index in [1.54, 1.807) is 12.1 Å². The Morgan fingerprint density at radius 3 is 2.32 bits per heavy atom. The molecule has 0 saturated carbocycles. The van der Waals surface area contributed by atoms with Gasteiger partial charge in [-0.25, -0.2) is 0 Å². The molecule has 6 rings (SSSR count). The normalized spacial score (nSPS) is 18.2. The number of Topliss-reactive ketones (excluding diaryl/α,β-unsaturated/α-hetero) is 2. The summed E-state index contributed by atoms with van der Waals surface area (Å²) < 4.78 is 6.98. The number of carbonyl (C=O) groups is 3. The minimum atomic E-state index is -0.258. The van der Waals surface area contributed by atoms with E-state index in [4.69, 9.17) is 9.62 Å². The Morgan fingerprint density at radius 2 is 1.58 bits per heavy atom. The van der Waals surface area contributed by atoms with Gasteiger partial charge in [-0.3, -0.25) is 14.4 Å². The van der Waals surface area contributed by atoms with Gasteiger partial charge in [0.25, 0.3) is 5.91 Å². The third-order valence-corrected chi connectivity index (χ3v) is 7.68. The molecular weight excluding hydrogens is 478 g/mol. The van der Waals surface area contributed by atoms with E-state index in [-0.39, 0.29) is 28.8 Å². The van der Waals surface area contributed by atoms with Crippen molar-refractivity contribution < 1.29 is 18.9 Å². The summed E-state index contributed by atoms with van der Waals surface area (Å²) in [7, 11) is 0. The molecule has 2 heterocycles. The van der Waals surface area contributed by atoms with Gasteiger partial charge in [-0.1, -0.05) is 67.5 Å². The van der Waals surface area contributed by atoms with Crippen LogP contribution in [0.3, 0.4) is 0 Å². The van der Waals surface area contributed by atoms with E-state index < -0.39 is 0 Å². The number of aryl methyl sites for hydroxylation is 2. The van der Waals surface area contributed by atoms with Crippen LogP contribution in [0.1, 0.15) is 92.1 Å². The second-order valence-corrected chi connectivity index (χ2v) is 11.2. The first-order valence-electron chi connectivity index (χ1n) is 13.1. The van der Waals surface area contributed by atoms with Gasteiger partial charge in [0.1, 0.15) is 5.76 Å². The summed E-state index contributed by atoms with van der Waals surface area (Å²) in [4.78, 5) is 39.9. The highest BCUT2D eigenvalue weighted by atomic mass is 16.5. The second-order valence-electron chi connectivity index (χ2n) is 11.2. The van der Waals surface area contributed by atoms with Gasteiger partial charge < -0.3 is 4.52 Å². The smallest absolute Gasteiger partial charge is 0.278 e. The number of hydrogen-bond donors (Lipinski definition) is 0. The molecule has 0 amide bonds. The van der Waals surface area contributed by atoms with Gasteiger partial charge in [0.2, 0.25) is 0 Å².